The van der Waals surface area contributed by atoms with Crippen molar-refractivity contribution in [3.05, 3.63) is 59.2 Å². The highest BCUT2D eigenvalue weighted by Crippen LogP contribution is 2.22. The van der Waals surface area contributed by atoms with Crippen LogP contribution in [0.5, 0.6) is 11.5 Å². The van der Waals surface area contributed by atoms with Crippen LogP contribution < -0.4 is 14.8 Å². The molecule has 0 radical (unpaired) electrons. The van der Waals surface area contributed by atoms with Crippen molar-refractivity contribution in [2.24, 2.45) is 0 Å². The van der Waals surface area contributed by atoms with E-state index in [1.54, 1.807) is 14.2 Å². The van der Waals surface area contributed by atoms with Crippen LogP contribution in [0.4, 0.5) is 0 Å². The molecule has 2 aromatic rings. The average Bonchev–Trinajstić information content (AvgIpc) is 2.61. The van der Waals surface area contributed by atoms with Gasteiger partial charge in [-0.1, -0.05) is 24.3 Å². The molecule has 0 aliphatic rings. The van der Waals surface area contributed by atoms with E-state index in [2.05, 4.69) is 5.32 Å². The molecule has 128 valence electrons. The van der Waals surface area contributed by atoms with Crippen molar-refractivity contribution < 1.29 is 19.4 Å². The fourth-order valence-corrected chi connectivity index (χ4v) is 2.48. The fourth-order valence-electron chi connectivity index (χ4n) is 2.48. The van der Waals surface area contributed by atoms with E-state index in [-0.39, 0.29) is 18.9 Å². The molecule has 0 aromatic heterocycles. The third kappa shape index (κ3) is 4.99. The summed E-state index contributed by atoms with van der Waals surface area (Å²) in [6.07, 6.45) is 0.944. The van der Waals surface area contributed by atoms with Crippen molar-refractivity contribution >= 4 is 5.91 Å². The Kier molecular flexibility index (Phi) is 6.63. The monoisotopic (exact) mass is 329 g/mol. The lowest BCUT2D eigenvalue weighted by Gasteiger charge is -2.10. The van der Waals surface area contributed by atoms with Gasteiger partial charge < -0.3 is 19.9 Å². The van der Waals surface area contributed by atoms with Crippen molar-refractivity contribution in [3.8, 4) is 11.5 Å². The van der Waals surface area contributed by atoms with Gasteiger partial charge in [0.1, 0.15) is 11.5 Å². The Hall–Kier alpha value is -2.53. The summed E-state index contributed by atoms with van der Waals surface area (Å²) < 4.78 is 10.5. The number of benzene rings is 2. The van der Waals surface area contributed by atoms with E-state index < -0.39 is 0 Å². The first kappa shape index (κ1) is 17.8. The zero-order chi connectivity index (χ0) is 17.4. The predicted molar refractivity (Wildman–Crippen MR) is 92.3 cm³/mol. The number of carbonyl (C=O) groups excluding carboxylic acids is 1. The van der Waals surface area contributed by atoms with Crippen LogP contribution in [0.3, 0.4) is 0 Å². The van der Waals surface area contributed by atoms with Crippen LogP contribution in [0.15, 0.2) is 42.5 Å². The standard InChI is InChI=1S/C19H23NO4/c1-23-17-9-14(10-18(12-17)24-2)7-8-20-19(22)11-15-5-3-4-6-16(15)13-21/h3-6,9-10,12,21H,7-8,11,13H2,1-2H3,(H,20,22). The van der Waals surface area contributed by atoms with Gasteiger partial charge in [0.05, 0.1) is 27.2 Å². The second-order valence-electron chi connectivity index (χ2n) is 5.42. The highest BCUT2D eigenvalue weighted by Gasteiger charge is 2.07. The Morgan fingerprint density at radius 2 is 1.67 bits per heavy atom. The van der Waals surface area contributed by atoms with Gasteiger partial charge in [-0.05, 0) is 35.2 Å². The summed E-state index contributed by atoms with van der Waals surface area (Å²) in [7, 11) is 3.22. The number of ether oxygens (including phenoxy) is 2. The van der Waals surface area contributed by atoms with Crippen LogP contribution in [0.1, 0.15) is 16.7 Å². The molecule has 24 heavy (non-hydrogen) atoms. The number of amides is 1. The molecule has 2 rings (SSSR count). The maximum absolute atomic E-state index is 12.1. The zero-order valence-corrected chi connectivity index (χ0v) is 14.0. The number of carbonyl (C=O) groups is 1. The molecule has 0 fully saturated rings. The van der Waals surface area contributed by atoms with E-state index in [9.17, 15) is 9.90 Å². The van der Waals surface area contributed by atoms with Gasteiger partial charge in [-0.3, -0.25) is 4.79 Å². The van der Waals surface area contributed by atoms with E-state index in [1.807, 2.05) is 42.5 Å². The number of rotatable bonds is 8. The van der Waals surface area contributed by atoms with Crippen LogP contribution in [0.25, 0.3) is 0 Å². The van der Waals surface area contributed by atoms with Gasteiger partial charge in [0.25, 0.3) is 0 Å². The van der Waals surface area contributed by atoms with Crippen molar-refractivity contribution in [1.29, 1.82) is 0 Å². The zero-order valence-electron chi connectivity index (χ0n) is 14.0. The molecule has 0 bridgehead atoms. The van der Waals surface area contributed by atoms with Crippen LogP contribution in [0.2, 0.25) is 0 Å². The van der Waals surface area contributed by atoms with Gasteiger partial charge >= 0.3 is 0 Å². The second-order valence-corrected chi connectivity index (χ2v) is 5.42. The van der Waals surface area contributed by atoms with Crippen molar-refractivity contribution in [1.82, 2.24) is 5.32 Å². The SMILES string of the molecule is COc1cc(CCNC(=O)Cc2ccccc2CO)cc(OC)c1. The quantitative estimate of drug-likeness (QED) is 0.778. The summed E-state index contributed by atoms with van der Waals surface area (Å²) in [5.41, 5.74) is 2.66. The number of aliphatic hydroxyl groups is 1. The van der Waals surface area contributed by atoms with Gasteiger partial charge in [-0.15, -0.1) is 0 Å². The van der Waals surface area contributed by atoms with Crippen molar-refractivity contribution in [2.45, 2.75) is 19.4 Å². The van der Waals surface area contributed by atoms with E-state index in [0.29, 0.717) is 13.0 Å². The molecular formula is C19H23NO4. The number of hydrogen-bond donors (Lipinski definition) is 2. The third-order valence-electron chi connectivity index (χ3n) is 3.79. The number of methoxy groups -OCH3 is 2. The lowest BCUT2D eigenvalue weighted by Crippen LogP contribution is -2.27. The van der Waals surface area contributed by atoms with Crippen molar-refractivity contribution in [3.63, 3.8) is 0 Å². The Morgan fingerprint density at radius 1 is 1.04 bits per heavy atom. The molecule has 0 saturated carbocycles. The molecule has 0 saturated heterocycles. The molecular weight excluding hydrogens is 306 g/mol. The van der Waals surface area contributed by atoms with Crippen LogP contribution in [-0.2, 0) is 24.2 Å². The normalized spacial score (nSPS) is 10.3. The third-order valence-corrected chi connectivity index (χ3v) is 3.79. The van der Waals surface area contributed by atoms with Gasteiger partial charge in [0, 0.05) is 12.6 Å². The van der Waals surface area contributed by atoms with E-state index in [1.165, 1.54) is 0 Å². The summed E-state index contributed by atoms with van der Waals surface area (Å²) >= 11 is 0. The molecule has 2 aromatic carbocycles. The molecule has 0 aliphatic carbocycles. The number of aliphatic hydroxyl groups excluding tert-OH is 1. The summed E-state index contributed by atoms with van der Waals surface area (Å²) in [5.74, 6) is 1.39. The first-order valence-electron chi connectivity index (χ1n) is 7.82. The van der Waals surface area contributed by atoms with Gasteiger partial charge in [0.15, 0.2) is 0 Å². The maximum atomic E-state index is 12.1. The van der Waals surface area contributed by atoms with Crippen LogP contribution in [0, 0.1) is 0 Å². The topological polar surface area (TPSA) is 67.8 Å². The number of nitrogens with one attached hydrogen (secondary N) is 1. The van der Waals surface area contributed by atoms with Gasteiger partial charge in [-0.25, -0.2) is 0 Å². The molecule has 0 unspecified atom stereocenters. The molecule has 0 heterocycles. The molecule has 5 nitrogen and oxygen atoms in total. The van der Waals surface area contributed by atoms with E-state index in [0.717, 1.165) is 28.2 Å². The Bertz CT molecular complexity index is 663. The largest absolute Gasteiger partial charge is 0.497 e. The lowest BCUT2D eigenvalue weighted by atomic mass is 10.0. The van der Waals surface area contributed by atoms with Gasteiger partial charge in [-0.2, -0.15) is 0 Å². The first-order valence-corrected chi connectivity index (χ1v) is 7.82. The average molecular weight is 329 g/mol. The molecule has 0 spiro atoms. The minimum atomic E-state index is -0.0641. The molecule has 5 heteroatoms. The van der Waals surface area contributed by atoms with E-state index in [4.69, 9.17) is 9.47 Å². The highest BCUT2D eigenvalue weighted by atomic mass is 16.5. The minimum Gasteiger partial charge on any atom is -0.497 e. The molecule has 1 amide bonds. The molecule has 2 N–H and O–H groups in total. The van der Waals surface area contributed by atoms with Gasteiger partial charge in [0.2, 0.25) is 5.91 Å². The first-order chi connectivity index (χ1) is 11.7. The Balaban J connectivity index is 1.88. The summed E-state index contributed by atoms with van der Waals surface area (Å²) in [5, 5.41) is 12.2. The summed E-state index contributed by atoms with van der Waals surface area (Å²) in [4.78, 5) is 12.1. The predicted octanol–water partition coefficient (Wildman–Crippen LogP) is 2.10. The Morgan fingerprint density at radius 3 is 2.25 bits per heavy atom. The minimum absolute atomic E-state index is 0.0624. The maximum Gasteiger partial charge on any atom is 0.224 e. The smallest absolute Gasteiger partial charge is 0.224 e. The lowest BCUT2D eigenvalue weighted by molar-refractivity contribution is -0.120. The van der Waals surface area contributed by atoms with Crippen LogP contribution >= 0.6 is 0 Å². The fraction of sp³-hybridized carbons (Fsp3) is 0.316. The van der Waals surface area contributed by atoms with Crippen molar-refractivity contribution in [2.75, 3.05) is 20.8 Å². The number of hydrogen-bond acceptors (Lipinski definition) is 4. The van der Waals surface area contributed by atoms with Crippen LogP contribution in [-0.4, -0.2) is 31.8 Å². The highest BCUT2D eigenvalue weighted by molar-refractivity contribution is 5.78. The second kappa shape index (κ2) is 8.93. The Labute approximate surface area is 142 Å². The molecule has 0 atom stereocenters. The van der Waals surface area contributed by atoms with E-state index >= 15 is 0 Å². The summed E-state index contributed by atoms with van der Waals surface area (Å²) in [6.45, 7) is 0.462. The summed E-state index contributed by atoms with van der Waals surface area (Å²) in [6, 6.07) is 13.1. The molecule has 0 aliphatic heterocycles.